The predicted octanol–water partition coefficient (Wildman–Crippen LogP) is 1.60. The van der Waals surface area contributed by atoms with E-state index in [1.54, 1.807) is 0 Å². The van der Waals surface area contributed by atoms with Gasteiger partial charge in [0.1, 0.15) is 5.82 Å². The Labute approximate surface area is 102 Å². The van der Waals surface area contributed by atoms with Crippen molar-refractivity contribution in [2.75, 3.05) is 19.3 Å². The second kappa shape index (κ2) is 5.50. The van der Waals surface area contributed by atoms with E-state index >= 15 is 0 Å². The van der Waals surface area contributed by atoms with Gasteiger partial charge in [-0.25, -0.2) is 0 Å². The Kier molecular flexibility index (Phi) is 3.77. The minimum absolute atomic E-state index is 0.579. The molecule has 2 rings (SSSR count). The first kappa shape index (κ1) is 11.7. The largest absolute Gasteiger partial charge is 0.382 e. The van der Waals surface area contributed by atoms with Crippen LogP contribution in [0.5, 0.6) is 0 Å². The van der Waals surface area contributed by atoms with Crippen molar-refractivity contribution < 1.29 is 0 Å². The Bertz CT molecular complexity index is 449. The molecule has 0 unspecified atom stereocenters. The van der Waals surface area contributed by atoms with E-state index in [4.69, 9.17) is 5.73 Å². The SMILES string of the molecule is CN(CCn1ccc(N)n1)Cc1ccccc1. The molecule has 0 saturated heterocycles. The van der Waals surface area contributed by atoms with Crippen LogP contribution in [0.1, 0.15) is 5.56 Å². The Balaban J connectivity index is 1.80. The fourth-order valence-electron chi connectivity index (χ4n) is 1.75. The highest BCUT2D eigenvalue weighted by Crippen LogP contribution is 2.03. The highest BCUT2D eigenvalue weighted by molar-refractivity contribution is 5.23. The highest BCUT2D eigenvalue weighted by Gasteiger charge is 2.01. The van der Waals surface area contributed by atoms with Gasteiger partial charge < -0.3 is 10.6 Å². The van der Waals surface area contributed by atoms with Crippen LogP contribution >= 0.6 is 0 Å². The minimum Gasteiger partial charge on any atom is -0.382 e. The molecule has 0 fully saturated rings. The van der Waals surface area contributed by atoms with Gasteiger partial charge in [0.05, 0.1) is 6.54 Å². The number of rotatable bonds is 5. The van der Waals surface area contributed by atoms with E-state index < -0.39 is 0 Å². The van der Waals surface area contributed by atoms with Gasteiger partial charge in [-0.05, 0) is 18.7 Å². The van der Waals surface area contributed by atoms with Gasteiger partial charge in [0.25, 0.3) is 0 Å². The lowest BCUT2D eigenvalue weighted by Crippen LogP contribution is -2.23. The molecule has 4 nitrogen and oxygen atoms in total. The summed E-state index contributed by atoms with van der Waals surface area (Å²) in [6.45, 7) is 2.77. The van der Waals surface area contributed by atoms with E-state index in [-0.39, 0.29) is 0 Å². The highest BCUT2D eigenvalue weighted by atomic mass is 15.3. The van der Waals surface area contributed by atoms with Gasteiger partial charge in [-0.1, -0.05) is 30.3 Å². The van der Waals surface area contributed by atoms with E-state index in [2.05, 4.69) is 41.3 Å². The molecule has 0 spiro atoms. The third-order valence-corrected chi connectivity index (χ3v) is 2.67. The smallest absolute Gasteiger partial charge is 0.145 e. The third kappa shape index (κ3) is 3.60. The lowest BCUT2D eigenvalue weighted by molar-refractivity contribution is 0.305. The number of benzene rings is 1. The summed E-state index contributed by atoms with van der Waals surface area (Å²) in [4.78, 5) is 2.27. The molecule has 17 heavy (non-hydrogen) atoms. The van der Waals surface area contributed by atoms with E-state index in [0.717, 1.165) is 19.6 Å². The first-order valence-corrected chi connectivity index (χ1v) is 5.75. The van der Waals surface area contributed by atoms with Crippen molar-refractivity contribution in [2.45, 2.75) is 13.1 Å². The molecule has 1 aromatic heterocycles. The molecule has 2 N–H and O–H groups in total. The summed E-state index contributed by atoms with van der Waals surface area (Å²) < 4.78 is 1.87. The minimum atomic E-state index is 0.579. The summed E-state index contributed by atoms with van der Waals surface area (Å²) in [5.41, 5.74) is 6.89. The van der Waals surface area contributed by atoms with Gasteiger partial charge in [0.2, 0.25) is 0 Å². The molecule has 0 aliphatic carbocycles. The van der Waals surface area contributed by atoms with Crippen LogP contribution in [0, 0.1) is 0 Å². The topological polar surface area (TPSA) is 47.1 Å². The Hall–Kier alpha value is -1.81. The number of aromatic nitrogens is 2. The average molecular weight is 230 g/mol. The van der Waals surface area contributed by atoms with Gasteiger partial charge in [-0.2, -0.15) is 5.10 Å². The Morgan fingerprint density at radius 2 is 2.00 bits per heavy atom. The maximum Gasteiger partial charge on any atom is 0.145 e. The predicted molar refractivity (Wildman–Crippen MR) is 69.4 cm³/mol. The molecular formula is C13H18N4. The zero-order valence-corrected chi connectivity index (χ0v) is 10.1. The molecule has 0 atom stereocenters. The molecule has 4 heteroatoms. The van der Waals surface area contributed by atoms with E-state index in [1.165, 1.54) is 5.56 Å². The number of nitrogens with zero attached hydrogens (tertiary/aromatic N) is 3. The van der Waals surface area contributed by atoms with Crippen molar-refractivity contribution >= 4 is 5.82 Å². The van der Waals surface area contributed by atoms with E-state index in [9.17, 15) is 0 Å². The normalized spacial score (nSPS) is 10.9. The van der Waals surface area contributed by atoms with Crippen molar-refractivity contribution in [3.05, 3.63) is 48.2 Å². The van der Waals surface area contributed by atoms with Gasteiger partial charge in [0, 0.05) is 19.3 Å². The van der Waals surface area contributed by atoms with Crippen molar-refractivity contribution in [3.63, 3.8) is 0 Å². The molecule has 2 aromatic rings. The summed E-state index contributed by atoms with van der Waals surface area (Å²) in [5, 5.41) is 4.16. The van der Waals surface area contributed by atoms with E-state index in [0.29, 0.717) is 5.82 Å². The van der Waals surface area contributed by atoms with Crippen LogP contribution in [-0.4, -0.2) is 28.3 Å². The lowest BCUT2D eigenvalue weighted by atomic mass is 10.2. The lowest BCUT2D eigenvalue weighted by Gasteiger charge is -2.16. The number of nitrogens with two attached hydrogens (primary N) is 1. The summed E-state index contributed by atoms with van der Waals surface area (Å²) in [7, 11) is 2.11. The third-order valence-electron chi connectivity index (χ3n) is 2.67. The number of hydrogen-bond acceptors (Lipinski definition) is 3. The maximum atomic E-state index is 5.56. The van der Waals surface area contributed by atoms with Crippen LogP contribution in [0.15, 0.2) is 42.6 Å². The van der Waals surface area contributed by atoms with Crippen LogP contribution in [0.25, 0.3) is 0 Å². The monoisotopic (exact) mass is 230 g/mol. The van der Waals surface area contributed by atoms with Gasteiger partial charge >= 0.3 is 0 Å². The zero-order valence-electron chi connectivity index (χ0n) is 10.1. The molecule has 0 saturated carbocycles. The second-order valence-electron chi connectivity index (χ2n) is 4.23. The molecule has 0 aliphatic rings. The Morgan fingerprint density at radius 1 is 1.24 bits per heavy atom. The summed E-state index contributed by atoms with van der Waals surface area (Å²) in [6.07, 6.45) is 1.91. The average Bonchev–Trinajstić information content (AvgIpc) is 2.74. The summed E-state index contributed by atoms with van der Waals surface area (Å²) in [5.74, 6) is 0.579. The number of likely N-dealkylation sites (N-methyl/N-ethyl adjacent to an activating group) is 1. The number of hydrogen-bond donors (Lipinski definition) is 1. The van der Waals surface area contributed by atoms with Crippen molar-refractivity contribution in [2.24, 2.45) is 0 Å². The molecule has 0 amide bonds. The van der Waals surface area contributed by atoms with Crippen molar-refractivity contribution in [1.29, 1.82) is 0 Å². The molecule has 0 bridgehead atoms. The van der Waals surface area contributed by atoms with Gasteiger partial charge in [0.15, 0.2) is 0 Å². The summed E-state index contributed by atoms with van der Waals surface area (Å²) >= 11 is 0. The first-order valence-electron chi connectivity index (χ1n) is 5.75. The van der Waals surface area contributed by atoms with Crippen LogP contribution in [0.4, 0.5) is 5.82 Å². The fourth-order valence-corrected chi connectivity index (χ4v) is 1.75. The molecule has 90 valence electrons. The molecule has 1 aromatic carbocycles. The number of nitrogen functional groups attached to an aromatic ring is 1. The Morgan fingerprint density at radius 3 is 2.65 bits per heavy atom. The fraction of sp³-hybridized carbons (Fsp3) is 0.308. The maximum absolute atomic E-state index is 5.56. The first-order chi connectivity index (χ1) is 8.24. The van der Waals surface area contributed by atoms with Crippen molar-refractivity contribution in [1.82, 2.24) is 14.7 Å². The molecule has 0 radical (unpaired) electrons. The van der Waals surface area contributed by atoms with Crippen molar-refractivity contribution in [3.8, 4) is 0 Å². The summed E-state index contributed by atoms with van der Waals surface area (Å²) in [6, 6.07) is 12.3. The number of anilines is 1. The van der Waals surface area contributed by atoms with Crippen LogP contribution < -0.4 is 5.73 Å². The molecular weight excluding hydrogens is 212 g/mol. The molecule has 1 heterocycles. The second-order valence-corrected chi connectivity index (χ2v) is 4.23. The van der Waals surface area contributed by atoms with Gasteiger partial charge in [-0.3, -0.25) is 4.68 Å². The van der Waals surface area contributed by atoms with E-state index in [1.807, 2.05) is 23.0 Å². The quantitative estimate of drug-likeness (QED) is 0.848. The zero-order chi connectivity index (χ0) is 12.1. The standard InChI is InChI=1S/C13H18N4/c1-16(11-12-5-3-2-4-6-12)9-10-17-8-7-13(14)15-17/h2-8H,9-11H2,1H3,(H2,14,15). The van der Waals surface area contributed by atoms with Crippen LogP contribution in [-0.2, 0) is 13.1 Å². The van der Waals surface area contributed by atoms with Crippen LogP contribution in [0.3, 0.4) is 0 Å². The van der Waals surface area contributed by atoms with Crippen LogP contribution in [0.2, 0.25) is 0 Å². The molecule has 0 aliphatic heterocycles. The van der Waals surface area contributed by atoms with Gasteiger partial charge in [-0.15, -0.1) is 0 Å².